The van der Waals surface area contributed by atoms with Gasteiger partial charge in [0, 0.05) is 79.7 Å². The highest BCUT2D eigenvalue weighted by atomic mass is 16.2. The minimum absolute atomic E-state index is 0.0168. The van der Waals surface area contributed by atoms with Gasteiger partial charge in [0.25, 0.3) is 11.8 Å². The molecular weight excluding hydrogens is 841 g/mol. The van der Waals surface area contributed by atoms with E-state index in [0.29, 0.717) is 17.7 Å². The Morgan fingerprint density at radius 3 is 1.12 bits per heavy atom. The predicted octanol–water partition coefficient (Wildman–Crippen LogP) is 6.56. The molecule has 67 heavy (non-hydrogen) atoms. The van der Waals surface area contributed by atoms with Gasteiger partial charge in [-0.05, 0) is 66.6 Å². The number of carbonyl (C=O) groups is 6. The summed E-state index contributed by atoms with van der Waals surface area (Å²) in [6, 6.07) is 36.6. The summed E-state index contributed by atoms with van der Waals surface area (Å²) in [5.74, 6) is -3.74. The summed E-state index contributed by atoms with van der Waals surface area (Å²) in [7, 11) is 0. The van der Waals surface area contributed by atoms with Crippen LogP contribution in [0.5, 0.6) is 0 Å². The van der Waals surface area contributed by atoms with E-state index >= 15 is 0 Å². The molecule has 12 nitrogen and oxygen atoms in total. The number of unbranched alkanes of at least 4 members (excludes halogenated alkanes) is 5. The zero-order chi connectivity index (χ0) is 46.4. The molecule has 3 aliphatic carbocycles. The van der Waals surface area contributed by atoms with Crippen molar-refractivity contribution in [3.63, 3.8) is 0 Å². The molecule has 5 aliphatic rings. The van der Waals surface area contributed by atoms with Crippen LogP contribution in [0.3, 0.4) is 0 Å². The fraction of sp³-hybridized carbons (Fsp3) is 0.455. The molecule has 2 saturated heterocycles. The average Bonchev–Trinajstić information content (AvgIpc) is 4.33. The van der Waals surface area contributed by atoms with Crippen molar-refractivity contribution in [2.45, 2.75) is 101 Å². The van der Waals surface area contributed by atoms with E-state index in [2.05, 4.69) is 64.6 Å². The third-order valence-electron chi connectivity index (χ3n) is 14.8. The Morgan fingerprint density at radius 2 is 0.761 bits per heavy atom. The molecule has 0 unspecified atom stereocenters. The summed E-state index contributed by atoms with van der Waals surface area (Å²) in [6.07, 6.45) is 9.02. The first-order valence-electron chi connectivity index (χ1n) is 24.7. The summed E-state index contributed by atoms with van der Waals surface area (Å²) in [5, 5.41) is 12.6. The van der Waals surface area contributed by atoms with Gasteiger partial charge in [-0.3, -0.25) is 28.8 Å². The molecule has 0 aromatic heterocycles. The number of carbonyl (C=O) groups excluding carboxylic acids is 6. The molecule has 4 aromatic rings. The average molecular weight is 905 g/mol. The topological polar surface area (TPSA) is 157 Å². The van der Waals surface area contributed by atoms with Crippen molar-refractivity contribution in [3.8, 4) is 0 Å². The van der Waals surface area contributed by atoms with E-state index in [0.717, 1.165) is 49.7 Å². The Morgan fingerprint density at radius 1 is 0.433 bits per heavy atom. The lowest BCUT2D eigenvalue weighted by atomic mass is 9.94. The molecule has 5 fully saturated rings. The molecule has 0 bridgehead atoms. The van der Waals surface area contributed by atoms with Crippen LogP contribution in [0.1, 0.15) is 120 Å². The van der Waals surface area contributed by atoms with Crippen LogP contribution in [-0.2, 0) is 19.2 Å². The second-order valence-electron chi connectivity index (χ2n) is 19.6. The molecule has 6 amide bonds. The van der Waals surface area contributed by atoms with Crippen LogP contribution >= 0.6 is 0 Å². The molecule has 10 atom stereocenters. The summed E-state index contributed by atoms with van der Waals surface area (Å²) >= 11 is 0. The number of hydrogen-bond donors (Lipinski definition) is 4. The smallest absolute Gasteiger partial charge is 0.253 e. The van der Waals surface area contributed by atoms with Crippen LogP contribution in [0.15, 0.2) is 115 Å². The van der Waals surface area contributed by atoms with Gasteiger partial charge in [0.2, 0.25) is 23.6 Å². The van der Waals surface area contributed by atoms with E-state index in [1.54, 1.807) is 34.1 Å². The Kier molecular flexibility index (Phi) is 14.2. The highest BCUT2D eigenvalue weighted by Gasteiger charge is 2.50. The normalized spacial score (nSPS) is 26.9. The second-order valence-corrected chi connectivity index (χ2v) is 19.6. The molecule has 0 radical (unpaired) electrons. The Bertz CT molecular complexity index is 2320. The lowest BCUT2D eigenvalue weighted by molar-refractivity contribution is -0.133. The minimum atomic E-state index is -0.726. The van der Waals surface area contributed by atoms with Crippen molar-refractivity contribution in [1.29, 1.82) is 0 Å². The zero-order valence-corrected chi connectivity index (χ0v) is 38.5. The molecule has 2 heterocycles. The molecular formula is C55H64N6O6. The van der Waals surface area contributed by atoms with Crippen LogP contribution in [0.4, 0.5) is 0 Å². The largest absolute Gasteiger partial charge is 0.356 e. The van der Waals surface area contributed by atoms with Crippen molar-refractivity contribution in [2.75, 3.05) is 32.7 Å². The minimum Gasteiger partial charge on any atom is -0.356 e. The lowest BCUT2D eigenvalue weighted by Gasteiger charge is -2.18. The van der Waals surface area contributed by atoms with Gasteiger partial charge in [-0.1, -0.05) is 130 Å². The van der Waals surface area contributed by atoms with Crippen molar-refractivity contribution in [1.82, 2.24) is 31.1 Å². The number of rotatable bonds is 19. The number of amides is 6. The zero-order valence-electron chi connectivity index (χ0n) is 38.5. The molecule has 350 valence electrons. The van der Waals surface area contributed by atoms with Crippen LogP contribution in [0, 0.1) is 23.7 Å². The van der Waals surface area contributed by atoms with E-state index in [1.807, 2.05) is 54.6 Å². The second kappa shape index (κ2) is 20.7. The number of benzene rings is 4. The monoisotopic (exact) mass is 904 g/mol. The standard InChI is InChI=1S/C55H64N6O6/c1-2-3-4-5-6-16-27-56-50(62)43-31-60(32-44(43)51(63)57-47-28-40(47)35-17-10-7-11-18-35)54(66)38-23-25-39(26-24-38)55(67)61-33-45(52(64)58-48-29-41(48)36-19-12-8-13-20-36)46(34-61)53(65)59-49-30-42(49)37-21-14-9-15-22-37/h7-15,17-26,40-49H,2-6,16,27-34H2,1H3,(H,56,62)(H,57,63)(H,58,64)(H,59,65)/t40-,41-,42-,43-,44-,45-,46-,47+,48+,49+/m1/s1. The van der Waals surface area contributed by atoms with Crippen LogP contribution < -0.4 is 21.3 Å². The highest BCUT2D eigenvalue weighted by Crippen LogP contribution is 2.43. The first-order valence-corrected chi connectivity index (χ1v) is 24.7. The van der Waals surface area contributed by atoms with Crippen LogP contribution in [0.2, 0.25) is 0 Å². The van der Waals surface area contributed by atoms with Gasteiger partial charge in [0.1, 0.15) is 0 Å². The SMILES string of the molecule is CCCCCCCCNC(=O)[C@@H]1CN(C(=O)c2ccc(C(=O)N3C[C@@H](C(=O)N[C@H]4C[C@@H]4c4ccccc4)[C@H](C(=O)N[C@H]4C[C@@H]4c4ccccc4)C3)cc2)C[C@H]1C(=O)N[C@H]1C[C@@H]1c1ccccc1. The third kappa shape index (κ3) is 11.0. The van der Waals surface area contributed by atoms with Gasteiger partial charge in [-0.2, -0.15) is 0 Å². The van der Waals surface area contributed by atoms with Crippen molar-refractivity contribution in [3.05, 3.63) is 143 Å². The lowest BCUT2D eigenvalue weighted by Crippen LogP contribution is -2.43. The molecule has 4 N–H and O–H groups in total. The van der Waals surface area contributed by atoms with Gasteiger partial charge in [-0.25, -0.2) is 0 Å². The van der Waals surface area contributed by atoms with Gasteiger partial charge < -0.3 is 31.1 Å². The maximum absolute atomic E-state index is 14.2. The van der Waals surface area contributed by atoms with Crippen molar-refractivity contribution in [2.24, 2.45) is 23.7 Å². The van der Waals surface area contributed by atoms with E-state index in [9.17, 15) is 28.8 Å². The molecule has 2 aliphatic heterocycles. The number of likely N-dealkylation sites (tertiary alicyclic amines) is 2. The Hall–Kier alpha value is -6.30. The third-order valence-corrected chi connectivity index (χ3v) is 14.8. The van der Waals surface area contributed by atoms with Gasteiger partial charge in [0.05, 0.1) is 23.7 Å². The fourth-order valence-corrected chi connectivity index (χ4v) is 10.5. The van der Waals surface area contributed by atoms with Crippen LogP contribution in [0.25, 0.3) is 0 Å². The van der Waals surface area contributed by atoms with Crippen LogP contribution in [-0.4, -0.2) is 96.1 Å². The van der Waals surface area contributed by atoms with Crippen molar-refractivity contribution < 1.29 is 28.8 Å². The van der Waals surface area contributed by atoms with E-state index < -0.39 is 23.7 Å². The van der Waals surface area contributed by atoms with Gasteiger partial charge >= 0.3 is 0 Å². The summed E-state index contributed by atoms with van der Waals surface area (Å²) in [6.45, 7) is 3.09. The quantitative estimate of drug-likeness (QED) is 0.0782. The number of nitrogens with zero attached hydrogens (tertiary/aromatic N) is 2. The number of nitrogens with one attached hydrogen (secondary N) is 4. The van der Waals surface area contributed by atoms with E-state index in [1.165, 1.54) is 24.8 Å². The van der Waals surface area contributed by atoms with Crippen molar-refractivity contribution >= 4 is 35.4 Å². The fourth-order valence-electron chi connectivity index (χ4n) is 10.5. The Labute approximate surface area is 394 Å². The maximum atomic E-state index is 14.2. The number of hydrogen-bond acceptors (Lipinski definition) is 6. The summed E-state index contributed by atoms with van der Waals surface area (Å²) in [4.78, 5) is 86.9. The maximum Gasteiger partial charge on any atom is 0.253 e. The first-order chi connectivity index (χ1) is 32.7. The van der Waals surface area contributed by atoms with Gasteiger partial charge in [-0.15, -0.1) is 0 Å². The first kappa shape index (κ1) is 45.8. The molecule has 4 aromatic carbocycles. The van der Waals surface area contributed by atoms with Gasteiger partial charge in [0.15, 0.2) is 0 Å². The molecule has 3 saturated carbocycles. The summed E-state index contributed by atoms with van der Waals surface area (Å²) < 4.78 is 0. The van der Waals surface area contributed by atoms with E-state index in [-0.39, 0.29) is 97.5 Å². The molecule has 12 heteroatoms. The summed E-state index contributed by atoms with van der Waals surface area (Å²) in [5.41, 5.74) is 4.16. The Balaban J connectivity index is 0.842. The highest BCUT2D eigenvalue weighted by molar-refractivity contribution is 6.00. The van der Waals surface area contributed by atoms with E-state index in [4.69, 9.17) is 0 Å². The molecule has 0 spiro atoms. The molecule has 9 rings (SSSR count). The predicted molar refractivity (Wildman–Crippen MR) is 256 cm³/mol.